The molecule has 0 spiro atoms. The summed E-state index contributed by atoms with van der Waals surface area (Å²) < 4.78 is 55.7. The van der Waals surface area contributed by atoms with Crippen LogP contribution in [0.4, 0.5) is 5.69 Å². The van der Waals surface area contributed by atoms with Crippen molar-refractivity contribution in [3.8, 4) is 0 Å². The van der Waals surface area contributed by atoms with Crippen LogP contribution in [-0.2, 0) is 25.6 Å². The maximum atomic E-state index is 11.5. The number of hydrogen-bond donors (Lipinski definition) is 2. The molecule has 0 atom stereocenters. The average Bonchev–Trinajstić information content (AvgIpc) is 2.54. The molecular formula is C13H19N2O5S2+. The molecule has 0 radical (unpaired) electrons. The van der Waals surface area contributed by atoms with Gasteiger partial charge in [-0.25, -0.2) is 13.6 Å². The van der Waals surface area contributed by atoms with Crippen LogP contribution in [0.3, 0.4) is 0 Å². The molecule has 0 aliphatic carbocycles. The third-order valence-corrected chi connectivity index (χ3v) is 5.75. The van der Waals surface area contributed by atoms with Gasteiger partial charge in [0.05, 0.1) is 10.3 Å². The maximum Gasteiger partial charge on any atom is 0.271 e. The summed E-state index contributed by atoms with van der Waals surface area (Å²) in [5.41, 5.74) is 1.89. The molecule has 1 aromatic carbocycles. The molecule has 2 rings (SSSR count). The van der Waals surface area contributed by atoms with Crippen molar-refractivity contribution in [3.05, 3.63) is 23.8 Å². The summed E-state index contributed by atoms with van der Waals surface area (Å²) in [6, 6.07) is 4.52. The molecule has 0 unspecified atom stereocenters. The summed E-state index contributed by atoms with van der Waals surface area (Å²) in [6.07, 6.45) is 0. The SMILES string of the molecule is CC1=[N+](CCS(=O)(=O)O)c2ccc(S(N)(=O)=O)cc2C1(C)C. The van der Waals surface area contributed by atoms with Gasteiger partial charge in [0.1, 0.15) is 5.75 Å². The highest BCUT2D eigenvalue weighted by Crippen LogP contribution is 2.40. The first kappa shape index (κ1) is 17.1. The molecule has 3 N–H and O–H groups in total. The van der Waals surface area contributed by atoms with Crippen molar-refractivity contribution in [2.75, 3.05) is 12.3 Å². The van der Waals surface area contributed by atoms with Crippen molar-refractivity contribution >= 4 is 31.5 Å². The molecule has 0 bridgehead atoms. The van der Waals surface area contributed by atoms with Gasteiger partial charge in [-0.05, 0) is 26.0 Å². The molecule has 9 heteroatoms. The van der Waals surface area contributed by atoms with Crippen LogP contribution in [0.2, 0.25) is 0 Å². The molecule has 0 saturated heterocycles. The van der Waals surface area contributed by atoms with Crippen molar-refractivity contribution in [1.82, 2.24) is 0 Å². The van der Waals surface area contributed by atoms with E-state index in [1.165, 1.54) is 12.1 Å². The predicted molar refractivity (Wildman–Crippen MR) is 82.7 cm³/mol. The first-order chi connectivity index (χ1) is 9.84. The Morgan fingerprint density at radius 3 is 2.32 bits per heavy atom. The molecule has 1 aliphatic heterocycles. The van der Waals surface area contributed by atoms with Crippen LogP contribution in [0.1, 0.15) is 26.3 Å². The Bertz CT molecular complexity index is 868. The lowest BCUT2D eigenvalue weighted by molar-refractivity contribution is -0.433. The second-order valence-electron chi connectivity index (χ2n) is 5.87. The summed E-state index contributed by atoms with van der Waals surface area (Å²) in [5, 5.41) is 5.16. The number of nitrogens with zero attached hydrogens (tertiary/aromatic N) is 1. The summed E-state index contributed by atoms with van der Waals surface area (Å²) in [5.74, 6) is -0.406. The Labute approximate surface area is 130 Å². The van der Waals surface area contributed by atoms with Gasteiger partial charge >= 0.3 is 0 Å². The molecule has 1 aromatic rings. The summed E-state index contributed by atoms with van der Waals surface area (Å²) >= 11 is 0. The van der Waals surface area contributed by atoms with E-state index in [9.17, 15) is 16.8 Å². The van der Waals surface area contributed by atoms with Gasteiger partial charge in [0.2, 0.25) is 15.7 Å². The number of hydrogen-bond acceptors (Lipinski definition) is 4. The molecule has 0 aromatic heterocycles. The minimum absolute atomic E-state index is 0.0174. The third kappa shape index (κ3) is 3.07. The van der Waals surface area contributed by atoms with Crippen molar-refractivity contribution in [2.24, 2.45) is 5.14 Å². The number of fused-ring (bicyclic) bond motifs is 1. The van der Waals surface area contributed by atoms with E-state index in [2.05, 4.69) is 0 Å². The van der Waals surface area contributed by atoms with Crippen LogP contribution in [-0.4, -0.2) is 44.0 Å². The van der Waals surface area contributed by atoms with Crippen LogP contribution in [0.15, 0.2) is 23.1 Å². The number of primary sulfonamides is 1. The van der Waals surface area contributed by atoms with Gasteiger partial charge in [-0.3, -0.25) is 4.55 Å². The smallest absolute Gasteiger partial charge is 0.271 e. The van der Waals surface area contributed by atoms with Gasteiger partial charge in [-0.1, -0.05) is 0 Å². The van der Waals surface area contributed by atoms with Crippen LogP contribution >= 0.6 is 0 Å². The van der Waals surface area contributed by atoms with Crippen molar-refractivity contribution in [3.63, 3.8) is 0 Å². The molecule has 1 aliphatic rings. The molecule has 0 amide bonds. The lowest BCUT2D eigenvalue weighted by atomic mass is 9.82. The normalized spacial score (nSPS) is 17.7. The van der Waals surface area contributed by atoms with E-state index in [4.69, 9.17) is 9.69 Å². The van der Waals surface area contributed by atoms with E-state index in [1.54, 1.807) is 10.6 Å². The average molecular weight is 347 g/mol. The lowest BCUT2D eigenvalue weighted by Gasteiger charge is -2.15. The van der Waals surface area contributed by atoms with E-state index < -0.39 is 31.3 Å². The highest BCUT2D eigenvalue weighted by molar-refractivity contribution is 7.89. The fourth-order valence-electron chi connectivity index (χ4n) is 2.64. The molecule has 0 saturated carbocycles. The van der Waals surface area contributed by atoms with Crippen LogP contribution in [0, 0.1) is 0 Å². The molecule has 122 valence electrons. The van der Waals surface area contributed by atoms with Gasteiger partial charge < -0.3 is 0 Å². The maximum absolute atomic E-state index is 11.5. The zero-order valence-corrected chi connectivity index (χ0v) is 14.2. The fourth-order valence-corrected chi connectivity index (χ4v) is 3.59. The second-order valence-corrected chi connectivity index (χ2v) is 9.01. The molecule has 1 heterocycles. The third-order valence-electron chi connectivity index (χ3n) is 4.14. The zero-order valence-electron chi connectivity index (χ0n) is 12.6. The number of rotatable bonds is 4. The Morgan fingerprint density at radius 2 is 1.82 bits per heavy atom. The predicted octanol–water partition coefficient (Wildman–Crippen LogP) is 0.618. The minimum Gasteiger partial charge on any atom is -0.285 e. The fraction of sp³-hybridized carbons (Fsp3) is 0.462. The van der Waals surface area contributed by atoms with Crippen LogP contribution in [0.25, 0.3) is 0 Å². The standard InChI is InChI=1S/C13H18N2O5S2/c1-9-13(2,3)11-8-10(22(14,19)20)4-5-12(11)15(9)6-7-21(16,17)18/h4-5,8H,6-7H2,1-3H3,(H2-,14,16,17,18,19,20)/p+1. The quantitative estimate of drug-likeness (QED) is 0.611. The lowest BCUT2D eigenvalue weighted by Crippen LogP contribution is -2.28. The highest BCUT2D eigenvalue weighted by Gasteiger charge is 2.43. The van der Waals surface area contributed by atoms with Crippen molar-refractivity contribution < 1.29 is 26.0 Å². The number of benzene rings is 1. The van der Waals surface area contributed by atoms with E-state index >= 15 is 0 Å². The zero-order chi connectivity index (χ0) is 16.9. The Morgan fingerprint density at radius 1 is 1.23 bits per heavy atom. The number of nitrogens with two attached hydrogens (primary N) is 1. The first-order valence-electron chi connectivity index (χ1n) is 6.58. The van der Waals surface area contributed by atoms with E-state index in [-0.39, 0.29) is 11.4 Å². The topological polar surface area (TPSA) is 118 Å². The van der Waals surface area contributed by atoms with Crippen molar-refractivity contribution in [1.29, 1.82) is 0 Å². The minimum atomic E-state index is -4.08. The first-order valence-corrected chi connectivity index (χ1v) is 9.73. The van der Waals surface area contributed by atoms with E-state index in [0.29, 0.717) is 0 Å². The Hall–Kier alpha value is -1.29. The summed E-state index contributed by atoms with van der Waals surface area (Å²) in [4.78, 5) is 0.0174. The van der Waals surface area contributed by atoms with Gasteiger partial charge in [0, 0.05) is 18.6 Å². The van der Waals surface area contributed by atoms with Gasteiger partial charge in [0.25, 0.3) is 10.1 Å². The Kier molecular flexibility index (Phi) is 3.97. The Balaban J connectivity index is 2.55. The van der Waals surface area contributed by atoms with Gasteiger partial charge in [-0.2, -0.15) is 13.0 Å². The number of sulfonamides is 1. The second kappa shape index (κ2) is 5.12. The van der Waals surface area contributed by atoms with Crippen molar-refractivity contribution in [2.45, 2.75) is 31.1 Å². The molecule has 7 nitrogen and oxygen atoms in total. The molecular weight excluding hydrogens is 328 g/mol. The van der Waals surface area contributed by atoms with Gasteiger partial charge in [0.15, 0.2) is 12.3 Å². The largest absolute Gasteiger partial charge is 0.285 e. The monoisotopic (exact) mass is 347 g/mol. The van der Waals surface area contributed by atoms with E-state index in [0.717, 1.165) is 17.0 Å². The van der Waals surface area contributed by atoms with Crippen LogP contribution < -0.4 is 5.14 Å². The van der Waals surface area contributed by atoms with E-state index in [1.807, 2.05) is 20.8 Å². The summed E-state index contributed by atoms with van der Waals surface area (Å²) in [7, 11) is -7.89. The highest BCUT2D eigenvalue weighted by atomic mass is 32.2. The summed E-state index contributed by atoms with van der Waals surface area (Å²) in [6.45, 7) is 5.78. The molecule has 0 fully saturated rings. The van der Waals surface area contributed by atoms with Gasteiger partial charge in [-0.15, -0.1) is 0 Å². The van der Waals surface area contributed by atoms with Crippen LogP contribution in [0.5, 0.6) is 0 Å². The molecule has 22 heavy (non-hydrogen) atoms.